The minimum atomic E-state index is -2.49. The summed E-state index contributed by atoms with van der Waals surface area (Å²) < 4.78 is 26.5. The van der Waals surface area contributed by atoms with Gasteiger partial charge in [0.25, 0.3) is 0 Å². The standard InChI is InChI=1S/C24H48O4Si/c1-13-17-14-19(28-29(27-17,22(5,6)7)23(8,9)10)15-18-16-20(21(2,3)4)26-24(11,12)25-18/h17-20H,13-16H2,1-12H3/t17-,18-,19-,20+/m1/s1. The van der Waals surface area contributed by atoms with E-state index in [4.69, 9.17) is 18.3 Å². The van der Waals surface area contributed by atoms with Gasteiger partial charge in [0.1, 0.15) is 0 Å². The van der Waals surface area contributed by atoms with Crippen molar-refractivity contribution in [2.24, 2.45) is 5.41 Å². The Bertz CT molecular complexity index is 539. The fourth-order valence-corrected chi connectivity index (χ4v) is 10.3. The summed E-state index contributed by atoms with van der Waals surface area (Å²) in [4.78, 5) is 0. The second kappa shape index (κ2) is 8.20. The third-order valence-corrected chi connectivity index (χ3v) is 11.7. The maximum atomic E-state index is 7.02. The van der Waals surface area contributed by atoms with Crippen LogP contribution in [0.3, 0.4) is 0 Å². The Morgan fingerprint density at radius 3 is 1.72 bits per heavy atom. The summed E-state index contributed by atoms with van der Waals surface area (Å²) in [6, 6.07) is 0. The number of rotatable bonds is 3. The molecule has 0 aromatic heterocycles. The molecule has 0 saturated carbocycles. The van der Waals surface area contributed by atoms with Crippen molar-refractivity contribution < 1.29 is 18.3 Å². The first kappa shape index (κ1) is 25.3. The summed E-state index contributed by atoms with van der Waals surface area (Å²) in [7, 11) is -2.49. The average molecular weight is 429 g/mol. The zero-order valence-electron chi connectivity index (χ0n) is 21.3. The van der Waals surface area contributed by atoms with E-state index in [0.717, 1.165) is 25.7 Å². The molecule has 4 nitrogen and oxygen atoms in total. The number of ether oxygens (including phenoxy) is 2. The predicted octanol–water partition coefficient (Wildman–Crippen LogP) is 6.96. The van der Waals surface area contributed by atoms with Crippen LogP contribution in [0.25, 0.3) is 0 Å². The maximum absolute atomic E-state index is 7.02. The molecule has 0 spiro atoms. The van der Waals surface area contributed by atoms with Crippen LogP contribution in [0.5, 0.6) is 0 Å². The number of hydrogen-bond donors (Lipinski definition) is 0. The summed E-state index contributed by atoms with van der Waals surface area (Å²) in [5.74, 6) is -0.557. The van der Waals surface area contributed by atoms with Crippen molar-refractivity contribution in [3.63, 3.8) is 0 Å². The van der Waals surface area contributed by atoms with Gasteiger partial charge in [0, 0.05) is 22.6 Å². The molecular weight excluding hydrogens is 380 g/mol. The Kier molecular flexibility index (Phi) is 7.16. The smallest absolute Gasteiger partial charge is 0.349 e. The van der Waals surface area contributed by atoms with Crippen LogP contribution in [0.4, 0.5) is 0 Å². The van der Waals surface area contributed by atoms with Crippen molar-refractivity contribution >= 4 is 8.56 Å². The normalized spacial score (nSPS) is 33.5. The Morgan fingerprint density at radius 1 is 0.759 bits per heavy atom. The van der Waals surface area contributed by atoms with Gasteiger partial charge < -0.3 is 18.3 Å². The lowest BCUT2D eigenvalue weighted by molar-refractivity contribution is -0.318. The van der Waals surface area contributed by atoms with Gasteiger partial charge in [-0.05, 0) is 38.5 Å². The van der Waals surface area contributed by atoms with Gasteiger partial charge in [-0.1, -0.05) is 69.2 Å². The van der Waals surface area contributed by atoms with E-state index in [1.807, 2.05) is 13.8 Å². The molecule has 0 N–H and O–H groups in total. The predicted molar refractivity (Wildman–Crippen MR) is 122 cm³/mol. The van der Waals surface area contributed by atoms with E-state index in [-0.39, 0.29) is 39.9 Å². The molecule has 0 aromatic rings. The molecule has 0 bridgehead atoms. The van der Waals surface area contributed by atoms with Gasteiger partial charge in [-0.15, -0.1) is 0 Å². The lowest BCUT2D eigenvalue weighted by Gasteiger charge is -2.55. The van der Waals surface area contributed by atoms with E-state index >= 15 is 0 Å². The largest absolute Gasteiger partial charge is 0.390 e. The number of hydrogen-bond acceptors (Lipinski definition) is 4. The summed E-state index contributed by atoms with van der Waals surface area (Å²) >= 11 is 0. The first-order valence-corrected chi connectivity index (χ1v) is 13.4. The van der Waals surface area contributed by atoms with Gasteiger partial charge in [0.15, 0.2) is 5.79 Å². The van der Waals surface area contributed by atoms with Gasteiger partial charge >= 0.3 is 8.56 Å². The van der Waals surface area contributed by atoms with E-state index in [0.29, 0.717) is 0 Å². The van der Waals surface area contributed by atoms with Gasteiger partial charge in [-0.25, -0.2) is 0 Å². The second-order valence-corrected chi connectivity index (χ2v) is 17.5. The van der Waals surface area contributed by atoms with Gasteiger partial charge in [-0.3, -0.25) is 0 Å². The van der Waals surface area contributed by atoms with Crippen molar-refractivity contribution in [3.8, 4) is 0 Å². The van der Waals surface area contributed by atoms with Crippen molar-refractivity contribution in [2.45, 2.75) is 149 Å². The summed E-state index contributed by atoms with van der Waals surface area (Å²) in [5, 5.41) is 0.00216. The van der Waals surface area contributed by atoms with E-state index < -0.39 is 14.3 Å². The molecule has 0 radical (unpaired) electrons. The molecule has 0 amide bonds. The second-order valence-electron chi connectivity index (χ2n) is 12.8. The zero-order valence-corrected chi connectivity index (χ0v) is 22.3. The molecule has 2 aliphatic heterocycles. The van der Waals surface area contributed by atoms with Crippen molar-refractivity contribution in [1.82, 2.24) is 0 Å². The minimum Gasteiger partial charge on any atom is -0.390 e. The molecule has 0 aliphatic carbocycles. The van der Waals surface area contributed by atoms with Crippen molar-refractivity contribution in [2.75, 3.05) is 0 Å². The van der Waals surface area contributed by atoms with Crippen LogP contribution >= 0.6 is 0 Å². The monoisotopic (exact) mass is 428 g/mol. The molecule has 29 heavy (non-hydrogen) atoms. The van der Waals surface area contributed by atoms with Crippen LogP contribution in [0.1, 0.15) is 109 Å². The van der Waals surface area contributed by atoms with Crippen molar-refractivity contribution in [1.29, 1.82) is 0 Å². The molecule has 5 heteroatoms. The Labute approximate surface area is 181 Å². The lowest BCUT2D eigenvalue weighted by Crippen LogP contribution is -2.64. The fraction of sp³-hybridized carbons (Fsp3) is 1.00. The highest BCUT2D eigenvalue weighted by Gasteiger charge is 2.62. The van der Waals surface area contributed by atoms with E-state index in [9.17, 15) is 0 Å². The zero-order chi connectivity index (χ0) is 22.5. The third kappa shape index (κ3) is 5.65. The quantitative estimate of drug-likeness (QED) is 0.455. The SMILES string of the molecule is CC[C@@H]1C[C@H](C[C@@H]2C[C@@H](C(C)(C)C)OC(C)(C)O2)O[Si](C(C)(C)C)(C(C)(C)C)O1. The highest BCUT2D eigenvalue weighted by atomic mass is 28.4. The van der Waals surface area contributed by atoms with Crippen LogP contribution in [0.2, 0.25) is 10.1 Å². The Balaban J connectivity index is 2.27. The van der Waals surface area contributed by atoms with Gasteiger partial charge in [0.05, 0.1) is 18.3 Å². The molecule has 2 heterocycles. The van der Waals surface area contributed by atoms with E-state index in [1.165, 1.54) is 0 Å². The summed E-state index contributed by atoms with van der Waals surface area (Å²) in [5.41, 5.74) is 0.0944. The highest BCUT2D eigenvalue weighted by molar-refractivity contribution is 6.73. The molecule has 172 valence electrons. The van der Waals surface area contributed by atoms with Crippen LogP contribution < -0.4 is 0 Å². The maximum Gasteiger partial charge on any atom is 0.349 e. The topological polar surface area (TPSA) is 36.9 Å². The van der Waals surface area contributed by atoms with E-state index in [1.54, 1.807) is 0 Å². The summed E-state index contributed by atoms with van der Waals surface area (Å²) in [6.45, 7) is 26.9. The highest BCUT2D eigenvalue weighted by Crippen LogP contribution is 2.55. The van der Waals surface area contributed by atoms with Gasteiger partial charge in [0.2, 0.25) is 0 Å². The Hall–Kier alpha value is 0.0569. The van der Waals surface area contributed by atoms with Crippen LogP contribution in [0, 0.1) is 5.41 Å². The third-order valence-electron chi connectivity index (χ3n) is 6.47. The Morgan fingerprint density at radius 2 is 1.28 bits per heavy atom. The van der Waals surface area contributed by atoms with Crippen LogP contribution in [-0.2, 0) is 18.3 Å². The molecule has 2 rings (SSSR count). The van der Waals surface area contributed by atoms with Crippen LogP contribution in [0.15, 0.2) is 0 Å². The molecular formula is C24H48O4Si. The molecule has 2 fully saturated rings. The first-order chi connectivity index (χ1) is 12.9. The van der Waals surface area contributed by atoms with Crippen molar-refractivity contribution in [3.05, 3.63) is 0 Å². The summed E-state index contributed by atoms with van der Waals surface area (Å²) in [6.07, 6.45) is 4.61. The van der Waals surface area contributed by atoms with E-state index in [2.05, 4.69) is 69.2 Å². The molecule has 2 saturated heterocycles. The van der Waals surface area contributed by atoms with Crippen LogP contribution in [-0.4, -0.2) is 38.8 Å². The first-order valence-electron chi connectivity index (χ1n) is 11.6. The molecule has 0 unspecified atom stereocenters. The molecule has 0 aromatic carbocycles. The average Bonchev–Trinajstić information content (AvgIpc) is 2.49. The van der Waals surface area contributed by atoms with Gasteiger partial charge in [-0.2, -0.15) is 0 Å². The molecule has 2 aliphatic rings. The fourth-order valence-electron chi connectivity index (χ4n) is 5.19. The minimum absolute atomic E-state index is 0.00108. The lowest BCUT2D eigenvalue weighted by atomic mass is 9.83. The molecule has 4 atom stereocenters.